The second kappa shape index (κ2) is 10.3. The highest BCUT2D eigenvalue weighted by Crippen LogP contribution is 2.36. The molecule has 0 bridgehead atoms. The number of methoxy groups -OCH3 is 1. The summed E-state index contributed by atoms with van der Waals surface area (Å²) in [5.74, 6) is 0.744. The lowest BCUT2D eigenvalue weighted by atomic mass is 9.76. The van der Waals surface area contributed by atoms with Crippen molar-refractivity contribution in [2.75, 3.05) is 32.2 Å². The van der Waals surface area contributed by atoms with Crippen LogP contribution in [0.1, 0.15) is 55.5 Å². The van der Waals surface area contributed by atoms with Gasteiger partial charge in [-0.2, -0.15) is 0 Å². The van der Waals surface area contributed by atoms with Crippen LogP contribution in [0.4, 0.5) is 5.69 Å². The zero-order chi connectivity index (χ0) is 21.6. The number of nitrogens with one attached hydrogen (secondary N) is 2. The molecular weight excluding hydrogens is 396 g/mol. The largest absolute Gasteiger partial charge is 0.460 e. The van der Waals surface area contributed by atoms with Crippen molar-refractivity contribution in [2.45, 2.75) is 51.0 Å². The Morgan fingerprint density at radius 3 is 2.77 bits per heavy atom. The molecule has 1 aliphatic carbocycles. The molecule has 2 N–H and O–H groups in total. The molecule has 2 fully saturated rings. The molecule has 1 saturated carbocycles. The van der Waals surface area contributed by atoms with Crippen molar-refractivity contribution in [1.29, 1.82) is 0 Å². The number of hydrogen-bond acceptors (Lipinski definition) is 6. The summed E-state index contributed by atoms with van der Waals surface area (Å²) in [4.78, 5) is 25.2. The summed E-state index contributed by atoms with van der Waals surface area (Å²) in [7, 11) is 1.61. The molecule has 1 aromatic carbocycles. The quantitative estimate of drug-likeness (QED) is 0.486. The minimum absolute atomic E-state index is 0.0219. The summed E-state index contributed by atoms with van der Waals surface area (Å²) in [6, 6.07) is 6.93. The lowest BCUT2D eigenvalue weighted by molar-refractivity contribution is -0.119. The van der Waals surface area contributed by atoms with Gasteiger partial charge in [-0.05, 0) is 49.1 Å². The Bertz CT molecular complexity index is 903. The van der Waals surface area contributed by atoms with Crippen molar-refractivity contribution in [3.05, 3.63) is 30.0 Å². The zero-order valence-electron chi connectivity index (χ0n) is 18.2. The Balaban J connectivity index is 1.39. The summed E-state index contributed by atoms with van der Waals surface area (Å²) in [6.07, 6.45) is 8.06. The number of rotatable bonds is 8. The predicted octanol–water partition coefficient (Wildman–Crippen LogP) is 4.12. The van der Waals surface area contributed by atoms with Crippen LogP contribution in [0.25, 0.3) is 11.0 Å². The molecule has 7 heteroatoms. The van der Waals surface area contributed by atoms with Crippen LogP contribution >= 0.6 is 0 Å². The molecule has 31 heavy (non-hydrogen) atoms. The SMILES string of the molecule is COCCCOC(=O)c1cc2cc(NC(=O)[C@@H]3NCC[C@H]3C3CCCCC3)ccc2o1. The van der Waals surface area contributed by atoms with Gasteiger partial charge in [-0.25, -0.2) is 4.79 Å². The maximum absolute atomic E-state index is 13.0. The maximum Gasteiger partial charge on any atom is 0.374 e. The Morgan fingerprint density at radius 2 is 1.97 bits per heavy atom. The molecule has 2 aromatic rings. The van der Waals surface area contributed by atoms with Gasteiger partial charge in [-0.15, -0.1) is 0 Å². The molecule has 1 aliphatic heterocycles. The predicted molar refractivity (Wildman–Crippen MR) is 118 cm³/mol. The van der Waals surface area contributed by atoms with Gasteiger partial charge in [0.15, 0.2) is 0 Å². The zero-order valence-corrected chi connectivity index (χ0v) is 18.2. The number of furan rings is 1. The first kappa shape index (κ1) is 21.8. The van der Waals surface area contributed by atoms with Crippen LogP contribution in [-0.2, 0) is 14.3 Å². The summed E-state index contributed by atoms with van der Waals surface area (Å²) in [5.41, 5.74) is 1.29. The van der Waals surface area contributed by atoms with E-state index in [0.717, 1.165) is 18.4 Å². The third-order valence-electron chi connectivity index (χ3n) is 6.52. The number of carbonyl (C=O) groups excluding carboxylic acids is 2. The van der Waals surface area contributed by atoms with Crippen molar-refractivity contribution < 1.29 is 23.5 Å². The molecule has 7 nitrogen and oxygen atoms in total. The smallest absolute Gasteiger partial charge is 0.374 e. The van der Waals surface area contributed by atoms with E-state index in [1.807, 2.05) is 12.1 Å². The number of anilines is 1. The van der Waals surface area contributed by atoms with Crippen molar-refractivity contribution in [3.63, 3.8) is 0 Å². The van der Waals surface area contributed by atoms with Gasteiger partial charge < -0.3 is 24.5 Å². The van der Waals surface area contributed by atoms with E-state index < -0.39 is 5.97 Å². The number of esters is 1. The summed E-state index contributed by atoms with van der Waals surface area (Å²) in [5, 5.41) is 7.22. The van der Waals surface area contributed by atoms with Crippen LogP contribution in [-0.4, -0.2) is 44.8 Å². The van der Waals surface area contributed by atoms with E-state index in [1.165, 1.54) is 32.1 Å². The summed E-state index contributed by atoms with van der Waals surface area (Å²) in [6.45, 7) is 1.71. The van der Waals surface area contributed by atoms with E-state index in [1.54, 1.807) is 19.2 Å². The van der Waals surface area contributed by atoms with Crippen LogP contribution in [0.3, 0.4) is 0 Å². The van der Waals surface area contributed by atoms with Gasteiger partial charge >= 0.3 is 5.97 Å². The lowest BCUT2D eigenvalue weighted by Crippen LogP contribution is -2.42. The van der Waals surface area contributed by atoms with Gasteiger partial charge in [-0.1, -0.05) is 32.1 Å². The van der Waals surface area contributed by atoms with Crippen molar-refractivity contribution in [2.24, 2.45) is 11.8 Å². The first-order valence-corrected chi connectivity index (χ1v) is 11.4. The van der Waals surface area contributed by atoms with Crippen molar-refractivity contribution in [3.8, 4) is 0 Å². The molecule has 1 amide bonds. The molecular formula is C24H32N2O5. The van der Waals surface area contributed by atoms with E-state index in [-0.39, 0.29) is 24.3 Å². The molecule has 2 aliphatic rings. The molecule has 1 saturated heterocycles. The molecule has 0 spiro atoms. The number of ether oxygens (including phenoxy) is 2. The molecule has 2 atom stereocenters. The highest BCUT2D eigenvalue weighted by atomic mass is 16.5. The highest BCUT2D eigenvalue weighted by Gasteiger charge is 2.38. The second-order valence-electron chi connectivity index (χ2n) is 8.62. The lowest BCUT2D eigenvalue weighted by Gasteiger charge is -2.30. The summed E-state index contributed by atoms with van der Waals surface area (Å²) >= 11 is 0. The van der Waals surface area contributed by atoms with Gasteiger partial charge in [0.25, 0.3) is 0 Å². The third kappa shape index (κ3) is 5.28. The van der Waals surface area contributed by atoms with E-state index in [4.69, 9.17) is 13.9 Å². The molecule has 2 heterocycles. The number of carbonyl (C=O) groups is 2. The molecule has 0 radical (unpaired) electrons. The van der Waals surface area contributed by atoms with Gasteiger partial charge in [0.1, 0.15) is 5.58 Å². The molecule has 168 valence electrons. The topological polar surface area (TPSA) is 89.8 Å². The van der Waals surface area contributed by atoms with E-state index in [0.29, 0.717) is 36.1 Å². The van der Waals surface area contributed by atoms with Gasteiger partial charge in [0.05, 0.1) is 12.6 Å². The number of benzene rings is 1. The fourth-order valence-electron chi connectivity index (χ4n) is 4.96. The van der Waals surface area contributed by atoms with E-state index in [2.05, 4.69) is 10.6 Å². The van der Waals surface area contributed by atoms with Gasteiger partial charge in [-0.3, -0.25) is 4.79 Å². The van der Waals surface area contributed by atoms with Crippen molar-refractivity contribution in [1.82, 2.24) is 5.32 Å². The van der Waals surface area contributed by atoms with Crippen LogP contribution in [0, 0.1) is 11.8 Å². The number of fused-ring (bicyclic) bond motifs is 1. The van der Waals surface area contributed by atoms with Crippen LogP contribution in [0.5, 0.6) is 0 Å². The summed E-state index contributed by atoms with van der Waals surface area (Å²) < 4.78 is 15.8. The maximum atomic E-state index is 13.0. The minimum atomic E-state index is -0.497. The molecule has 1 aromatic heterocycles. The first-order valence-electron chi connectivity index (χ1n) is 11.4. The Morgan fingerprint density at radius 1 is 1.13 bits per heavy atom. The van der Waals surface area contributed by atoms with Gasteiger partial charge in [0.2, 0.25) is 11.7 Å². The fourth-order valence-corrected chi connectivity index (χ4v) is 4.96. The minimum Gasteiger partial charge on any atom is -0.460 e. The highest BCUT2D eigenvalue weighted by molar-refractivity contribution is 5.98. The number of amides is 1. The van der Waals surface area contributed by atoms with Crippen LogP contribution < -0.4 is 10.6 Å². The van der Waals surface area contributed by atoms with Crippen molar-refractivity contribution >= 4 is 28.5 Å². The van der Waals surface area contributed by atoms with E-state index >= 15 is 0 Å². The van der Waals surface area contributed by atoms with Crippen LogP contribution in [0.2, 0.25) is 0 Å². The Labute approximate surface area is 182 Å². The molecule has 0 unspecified atom stereocenters. The Hall–Kier alpha value is -2.38. The van der Waals surface area contributed by atoms with E-state index in [9.17, 15) is 9.59 Å². The van der Waals surface area contributed by atoms with Crippen LogP contribution in [0.15, 0.2) is 28.7 Å². The first-order chi connectivity index (χ1) is 15.2. The normalized spacial score (nSPS) is 22.0. The Kier molecular flexibility index (Phi) is 7.25. The van der Waals surface area contributed by atoms with Gasteiger partial charge in [0, 0.05) is 31.2 Å². The second-order valence-corrected chi connectivity index (χ2v) is 8.62. The average molecular weight is 429 g/mol. The number of hydrogen-bond donors (Lipinski definition) is 2. The fraction of sp³-hybridized carbons (Fsp3) is 0.583. The molecule has 4 rings (SSSR count). The average Bonchev–Trinajstić information content (AvgIpc) is 3.44. The third-order valence-corrected chi connectivity index (χ3v) is 6.52. The standard InChI is InChI=1S/C24H32N2O5/c1-29-12-5-13-30-24(28)21-15-17-14-18(8-9-20(17)31-21)26-23(27)22-19(10-11-25-22)16-6-3-2-4-7-16/h8-9,14-16,19,22,25H,2-7,10-13H2,1H3,(H,26,27)/t19-,22+/m0/s1. The monoisotopic (exact) mass is 428 g/mol.